The molecule has 4 nitrogen and oxygen atoms in total. The van der Waals surface area contributed by atoms with Crippen molar-refractivity contribution in [2.75, 3.05) is 5.73 Å². The lowest BCUT2D eigenvalue weighted by Gasteiger charge is -2.08. The van der Waals surface area contributed by atoms with E-state index in [1.54, 1.807) is 6.07 Å². The summed E-state index contributed by atoms with van der Waals surface area (Å²) in [7, 11) is 0. The number of hydrogen-bond donors (Lipinski definition) is 1. The lowest BCUT2D eigenvalue weighted by Crippen LogP contribution is -1.94. The number of nitrogen functional groups attached to an aromatic ring is 1. The summed E-state index contributed by atoms with van der Waals surface area (Å²) in [6.07, 6.45) is 0. The van der Waals surface area contributed by atoms with Crippen LogP contribution in [0.4, 0.5) is 5.69 Å². The van der Waals surface area contributed by atoms with E-state index in [1.807, 2.05) is 19.9 Å². The molecule has 0 saturated heterocycles. The number of aryl methyl sites for hydroxylation is 2. The Hall–Kier alpha value is -1.14. The zero-order chi connectivity index (χ0) is 11.7. The number of nitrogens with zero attached hydrogens (tertiary/aromatic N) is 2. The fraction of sp³-hybridized carbons (Fsp3) is 0.200. The zero-order valence-electron chi connectivity index (χ0n) is 8.82. The van der Waals surface area contributed by atoms with Gasteiger partial charge in [0.2, 0.25) is 0 Å². The van der Waals surface area contributed by atoms with E-state index in [4.69, 9.17) is 10.5 Å². The summed E-state index contributed by atoms with van der Waals surface area (Å²) in [5.41, 5.74) is 7.42. The highest BCUT2D eigenvalue weighted by Crippen LogP contribution is 2.34. The fourth-order valence-electron chi connectivity index (χ4n) is 1.30. The van der Waals surface area contributed by atoms with Gasteiger partial charge in [-0.05, 0) is 31.5 Å². The first-order valence-corrected chi connectivity index (χ1v) is 6.21. The molecule has 0 aliphatic heterocycles. The number of hydrogen-bond acceptors (Lipinski definition) is 5. The van der Waals surface area contributed by atoms with E-state index < -0.39 is 0 Å². The number of aromatic nitrogens is 2. The minimum absolute atomic E-state index is 0.509. The van der Waals surface area contributed by atoms with Gasteiger partial charge in [0.25, 0.3) is 5.19 Å². The standard InChI is InChI=1S/C10H10BrN3OS/c1-5-3-7(11)4-8(12)9(5)15-10-14-13-6(2)16-10/h3-4H,12H2,1-2H3. The first-order chi connectivity index (χ1) is 7.56. The molecule has 84 valence electrons. The number of ether oxygens (including phenoxy) is 1. The molecule has 0 unspecified atom stereocenters. The van der Waals surface area contributed by atoms with Gasteiger partial charge >= 0.3 is 0 Å². The molecule has 1 aromatic heterocycles. The van der Waals surface area contributed by atoms with Crippen molar-refractivity contribution in [3.05, 3.63) is 27.2 Å². The lowest BCUT2D eigenvalue weighted by atomic mass is 10.2. The Morgan fingerprint density at radius 3 is 2.62 bits per heavy atom. The maximum atomic E-state index is 5.88. The lowest BCUT2D eigenvalue weighted by molar-refractivity contribution is 0.472. The molecule has 2 aromatic rings. The second-order valence-corrected chi connectivity index (χ2v) is 5.39. The molecule has 2 rings (SSSR count). The van der Waals surface area contributed by atoms with Crippen LogP contribution in [-0.4, -0.2) is 10.2 Å². The molecule has 0 aliphatic rings. The van der Waals surface area contributed by atoms with Crippen LogP contribution in [0.2, 0.25) is 0 Å². The molecule has 0 spiro atoms. The summed E-state index contributed by atoms with van der Waals surface area (Å²) in [6, 6.07) is 3.75. The Morgan fingerprint density at radius 1 is 1.31 bits per heavy atom. The molecule has 2 N–H and O–H groups in total. The van der Waals surface area contributed by atoms with Gasteiger partial charge in [0.1, 0.15) is 5.01 Å². The van der Waals surface area contributed by atoms with Crippen LogP contribution in [0.1, 0.15) is 10.6 Å². The molecule has 1 aromatic carbocycles. The van der Waals surface area contributed by atoms with Crippen molar-refractivity contribution in [2.45, 2.75) is 13.8 Å². The second-order valence-electron chi connectivity index (χ2n) is 3.33. The van der Waals surface area contributed by atoms with Gasteiger partial charge in [-0.1, -0.05) is 32.4 Å². The van der Waals surface area contributed by atoms with E-state index >= 15 is 0 Å². The fourth-order valence-corrected chi connectivity index (χ4v) is 2.43. The third kappa shape index (κ3) is 2.33. The number of anilines is 1. The second kappa shape index (κ2) is 4.39. The zero-order valence-corrected chi connectivity index (χ0v) is 11.2. The highest BCUT2D eigenvalue weighted by atomic mass is 79.9. The van der Waals surface area contributed by atoms with Gasteiger partial charge < -0.3 is 10.5 Å². The van der Waals surface area contributed by atoms with Crippen molar-refractivity contribution in [2.24, 2.45) is 0 Å². The Bertz CT molecular complexity index is 504. The van der Waals surface area contributed by atoms with Gasteiger partial charge in [0.15, 0.2) is 5.75 Å². The largest absolute Gasteiger partial charge is 0.427 e. The molecule has 0 aliphatic carbocycles. The SMILES string of the molecule is Cc1nnc(Oc2c(C)cc(Br)cc2N)s1. The highest BCUT2D eigenvalue weighted by Gasteiger charge is 2.10. The van der Waals surface area contributed by atoms with E-state index in [9.17, 15) is 0 Å². The van der Waals surface area contributed by atoms with Crippen LogP contribution in [0.3, 0.4) is 0 Å². The monoisotopic (exact) mass is 299 g/mol. The van der Waals surface area contributed by atoms with Gasteiger partial charge in [-0.3, -0.25) is 0 Å². The van der Waals surface area contributed by atoms with Crippen molar-refractivity contribution < 1.29 is 4.74 Å². The minimum Gasteiger partial charge on any atom is -0.427 e. The average Bonchev–Trinajstić information content (AvgIpc) is 2.58. The maximum Gasteiger partial charge on any atom is 0.299 e. The van der Waals surface area contributed by atoms with Crippen molar-refractivity contribution >= 4 is 33.0 Å². The summed E-state index contributed by atoms with van der Waals surface area (Å²) in [4.78, 5) is 0. The predicted molar refractivity (Wildman–Crippen MR) is 68.0 cm³/mol. The first-order valence-electron chi connectivity index (χ1n) is 4.60. The molecule has 0 amide bonds. The van der Waals surface area contributed by atoms with Crippen LogP contribution in [0.15, 0.2) is 16.6 Å². The predicted octanol–water partition coefficient (Wildman–Crippen LogP) is 3.29. The van der Waals surface area contributed by atoms with Gasteiger partial charge in [-0.15, -0.1) is 5.10 Å². The number of halogens is 1. The number of benzene rings is 1. The van der Waals surface area contributed by atoms with Gasteiger partial charge in [-0.2, -0.15) is 0 Å². The van der Waals surface area contributed by atoms with Crippen LogP contribution in [0.25, 0.3) is 0 Å². The average molecular weight is 300 g/mol. The van der Waals surface area contributed by atoms with Crippen LogP contribution in [0, 0.1) is 13.8 Å². The minimum atomic E-state index is 0.509. The third-order valence-corrected chi connectivity index (χ3v) is 3.14. The van der Waals surface area contributed by atoms with Crippen molar-refractivity contribution in [3.8, 4) is 10.9 Å². The van der Waals surface area contributed by atoms with Gasteiger partial charge in [0, 0.05) is 4.47 Å². The van der Waals surface area contributed by atoms with Crippen molar-refractivity contribution in [1.82, 2.24) is 10.2 Å². The summed E-state index contributed by atoms with van der Waals surface area (Å²) < 4.78 is 6.55. The molecule has 6 heteroatoms. The number of nitrogens with two attached hydrogens (primary N) is 1. The Morgan fingerprint density at radius 2 is 2.06 bits per heavy atom. The summed E-state index contributed by atoms with van der Waals surface area (Å²) in [5, 5.41) is 9.15. The molecule has 0 fully saturated rings. The van der Waals surface area contributed by atoms with E-state index in [2.05, 4.69) is 26.1 Å². The smallest absolute Gasteiger partial charge is 0.299 e. The Balaban J connectivity index is 2.34. The van der Waals surface area contributed by atoms with Crippen LogP contribution in [-0.2, 0) is 0 Å². The van der Waals surface area contributed by atoms with Crippen molar-refractivity contribution in [1.29, 1.82) is 0 Å². The molecule has 0 saturated carbocycles. The summed E-state index contributed by atoms with van der Waals surface area (Å²) >= 11 is 4.77. The van der Waals surface area contributed by atoms with E-state index in [-0.39, 0.29) is 0 Å². The van der Waals surface area contributed by atoms with Crippen LogP contribution in [0.5, 0.6) is 10.9 Å². The van der Waals surface area contributed by atoms with Gasteiger partial charge in [0.05, 0.1) is 5.69 Å². The highest BCUT2D eigenvalue weighted by molar-refractivity contribution is 9.10. The topological polar surface area (TPSA) is 61.0 Å². The molecule has 16 heavy (non-hydrogen) atoms. The molecular weight excluding hydrogens is 290 g/mol. The van der Waals surface area contributed by atoms with E-state index in [0.29, 0.717) is 16.6 Å². The summed E-state index contributed by atoms with van der Waals surface area (Å²) in [6.45, 7) is 3.81. The van der Waals surface area contributed by atoms with Crippen LogP contribution < -0.4 is 10.5 Å². The van der Waals surface area contributed by atoms with Gasteiger partial charge in [-0.25, -0.2) is 0 Å². The van der Waals surface area contributed by atoms with Crippen LogP contribution >= 0.6 is 27.3 Å². The van der Waals surface area contributed by atoms with Crippen molar-refractivity contribution in [3.63, 3.8) is 0 Å². The summed E-state index contributed by atoms with van der Waals surface area (Å²) in [5.74, 6) is 0.638. The molecular formula is C10H10BrN3OS. The Labute approximate surface area is 106 Å². The molecule has 1 heterocycles. The number of rotatable bonds is 2. The third-order valence-electron chi connectivity index (χ3n) is 1.96. The van der Waals surface area contributed by atoms with E-state index in [1.165, 1.54) is 11.3 Å². The van der Waals surface area contributed by atoms with E-state index in [0.717, 1.165) is 15.0 Å². The quantitative estimate of drug-likeness (QED) is 0.865. The maximum absolute atomic E-state index is 5.88. The molecule has 0 radical (unpaired) electrons. The molecule has 0 bridgehead atoms. The normalized spacial score (nSPS) is 10.4. The molecule has 0 atom stereocenters. The first kappa shape index (κ1) is 11.3. The Kier molecular flexibility index (Phi) is 3.11.